The zero-order valence-electron chi connectivity index (χ0n) is 9.37. The second-order valence-electron chi connectivity index (χ2n) is 3.75. The maximum Gasteiger partial charge on any atom is 0.416 e. The normalized spacial score (nSPS) is 11.6. The molecule has 0 amide bonds. The van der Waals surface area contributed by atoms with Crippen LogP contribution in [0.5, 0.6) is 0 Å². The van der Waals surface area contributed by atoms with E-state index in [-0.39, 0.29) is 5.56 Å². The van der Waals surface area contributed by atoms with Gasteiger partial charge in [-0.15, -0.1) is 0 Å². The van der Waals surface area contributed by atoms with Crippen molar-refractivity contribution >= 4 is 28.4 Å². The van der Waals surface area contributed by atoms with E-state index in [1.807, 2.05) is 22.6 Å². The highest BCUT2D eigenvalue weighted by Gasteiger charge is 2.31. The molecule has 0 bridgehead atoms. The molecule has 0 unspecified atom stereocenters. The highest BCUT2D eigenvalue weighted by Crippen LogP contribution is 2.31. The van der Waals surface area contributed by atoms with E-state index in [1.54, 1.807) is 12.4 Å². The molecule has 0 aliphatic heterocycles. The first-order valence-electron chi connectivity index (χ1n) is 5.05. The van der Waals surface area contributed by atoms with Crippen molar-refractivity contribution in [2.24, 2.45) is 5.73 Å². The summed E-state index contributed by atoms with van der Waals surface area (Å²) in [6.45, 7) is 0. The van der Waals surface area contributed by atoms with Crippen molar-refractivity contribution in [1.82, 2.24) is 9.78 Å². The highest BCUT2D eigenvalue weighted by molar-refractivity contribution is 14.1. The highest BCUT2D eigenvalue weighted by atomic mass is 127. The number of benzene rings is 1. The third-order valence-corrected chi connectivity index (χ3v) is 2.97. The van der Waals surface area contributed by atoms with Crippen LogP contribution in [0.1, 0.15) is 11.1 Å². The zero-order chi connectivity index (χ0) is 14.2. The largest absolute Gasteiger partial charge is 0.416 e. The van der Waals surface area contributed by atoms with Gasteiger partial charge in [0.25, 0.3) is 0 Å². The molecule has 0 spiro atoms. The zero-order valence-corrected chi connectivity index (χ0v) is 11.5. The molecule has 4 nitrogen and oxygen atoms in total. The molecule has 0 saturated heterocycles. The summed E-state index contributed by atoms with van der Waals surface area (Å²) in [7, 11) is 0. The summed E-state index contributed by atoms with van der Waals surface area (Å²) in [5.74, 6) is -0.438. The summed E-state index contributed by atoms with van der Waals surface area (Å²) in [4.78, 5) is 0. The number of hydrogen-bond donors (Lipinski definition) is 2. The van der Waals surface area contributed by atoms with E-state index in [2.05, 4.69) is 5.10 Å². The summed E-state index contributed by atoms with van der Waals surface area (Å²) < 4.78 is 40.1. The monoisotopic (exact) mass is 380 g/mol. The number of nitrogen functional groups attached to an aromatic ring is 1. The minimum Gasteiger partial charge on any atom is -0.384 e. The Balaban J connectivity index is 2.60. The fourth-order valence-electron chi connectivity index (χ4n) is 1.56. The van der Waals surface area contributed by atoms with Crippen LogP contribution in [0.2, 0.25) is 0 Å². The molecule has 1 heterocycles. The summed E-state index contributed by atoms with van der Waals surface area (Å²) in [5.41, 5.74) is 4.83. The van der Waals surface area contributed by atoms with Crippen LogP contribution in [0.25, 0.3) is 5.69 Å². The average Bonchev–Trinajstić information content (AvgIpc) is 2.73. The Labute approximate surface area is 120 Å². The summed E-state index contributed by atoms with van der Waals surface area (Å²) in [6.07, 6.45) is -1.28. The number of nitrogens with two attached hydrogens (primary N) is 1. The molecule has 0 saturated carbocycles. The van der Waals surface area contributed by atoms with E-state index in [4.69, 9.17) is 11.1 Å². The van der Waals surface area contributed by atoms with E-state index < -0.39 is 17.6 Å². The average molecular weight is 380 g/mol. The Morgan fingerprint density at radius 3 is 2.53 bits per heavy atom. The first-order valence-corrected chi connectivity index (χ1v) is 6.13. The van der Waals surface area contributed by atoms with Crippen LogP contribution in [-0.4, -0.2) is 15.6 Å². The summed E-state index contributed by atoms with van der Waals surface area (Å²) in [5, 5.41) is 11.4. The lowest BCUT2D eigenvalue weighted by Crippen LogP contribution is -2.17. The molecule has 100 valence electrons. The van der Waals surface area contributed by atoms with Crippen molar-refractivity contribution in [2.45, 2.75) is 6.18 Å². The molecule has 0 fully saturated rings. The molecule has 2 rings (SSSR count). The van der Waals surface area contributed by atoms with Crippen LogP contribution in [0.15, 0.2) is 30.6 Å². The van der Waals surface area contributed by atoms with Gasteiger partial charge in [-0.1, -0.05) is 0 Å². The van der Waals surface area contributed by atoms with Gasteiger partial charge < -0.3 is 5.73 Å². The summed E-state index contributed by atoms with van der Waals surface area (Å²) >= 11 is 2.03. The lowest BCUT2D eigenvalue weighted by atomic mass is 10.1. The van der Waals surface area contributed by atoms with Crippen molar-refractivity contribution in [2.75, 3.05) is 0 Å². The van der Waals surface area contributed by atoms with Gasteiger partial charge in [0.15, 0.2) is 0 Å². The molecule has 1 aromatic carbocycles. The molecule has 0 atom stereocenters. The number of hydrogen-bond acceptors (Lipinski definition) is 2. The Morgan fingerprint density at radius 1 is 1.37 bits per heavy atom. The van der Waals surface area contributed by atoms with Gasteiger partial charge >= 0.3 is 6.18 Å². The smallest absolute Gasteiger partial charge is 0.384 e. The van der Waals surface area contributed by atoms with Crippen molar-refractivity contribution in [1.29, 1.82) is 5.41 Å². The first-order chi connectivity index (χ1) is 8.79. The van der Waals surface area contributed by atoms with Gasteiger partial charge in [-0.3, -0.25) is 5.41 Å². The van der Waals surface area contributed by atoms with Gasteiger partial charge in [-0.25, -0.2) is 4.68 Å². The SMILES string of the molecule is N=C(N)c1cc(C(F)(F)F)ccc1-n1cc(I)cn1. The Kier molecular flexibility index (Phi) is 3.52. The van der Waals surface area contributed by atoms with Crippen LogP contribution in [0.4, 0.5) is 13.2 Å². The Morgan fingerprint density at radius 2 is 2.05 bits per heavy atom. The molecule has 8 heteroatoms. The molecule has 19 heavy (non-hydrogen) atoms. The Bertz CT molecular complexity index is 633. The lowest BCUT2D eigenvalue weighted by Gasteiger charge is -2.12. The number of halogens is 4. The van der Waals surface area contributed by atoms with Gasteiger partial charge in [0, 0.05) is 11.8 Å². The Hall–Kier alpha value is -1.58. The van der Waals surface area contributed by atoms with Crippen LogP contribution >= 0.6 is 22.6 Å². The van der Waals surface area contributed by atoms with E-state index in [1.165, 1.54) is 10.7 Å². The van der Waals surface area contributed by atoms with Crippen LogP contribution in [0.3, 0.4) is 0 Å². The van der Waals surface area contributed by atoms with Crippen LogP contribution in [-0.2, 0) is 6.18 Å². The van der Waals surface area contributed by atoms with Crippen LogP contribution < -0.4 is 5.73 Å². The van der Waals surface area contributed by atoms with E-state index in [0.717, 1.165) is 15.7 Å². The number of alkyl halides is 3. The maximum absolute atomic E-state index is 12.6. The van der Waals surface area contributed by atoms with E-state index >= 15 is 0 Å². The topological polar surface area (TPSA) is 67.7 Å². The van der Waals surface area contributed by atoms with Gasteiger partial charge in [-0.05, 0) is 40.8 Å². The third-order valence-electron chi connectivity index (χ3n) is 2.41. The van der Waals surface area contributed by atoms with Crippen molar-refractivity contribution in [3.05, 3.63) is 45.3 Å². The fraction of sp³-hybridized carbons (Fsp3) is 0.0909. The minimum absolute atomic E-state index is 0.00525. The first kappa shape index (κ1) is 13.8. The van der Waals surface area contributed by atoms with Crippen molar-refractivity contribution < 1.29 is 13.2 Å². The number of nitrogens with one attached hydrogen (secondary N) is 1. The van der Waals surface area contributed by atoms with Gasteiger partial charge in [0.2, 0.25) is 0 Å². The van der Waals surface area contributed by atoms with E-state index in [0.29, 0.717) is 5.69 Å². The quantitative estimate of drug-likeness (QED) is 0.478. The minimum atomic E-state index is -4.47. The molecule has 2 aromatic rings. The predicted octanol–water partition coefficient (Wildman–Crippen LogP) is 2.78. The second-order valence-corrected chi connectivity index (χ2v) is 4.99. The van der Waals surface area contributed by atoms with Crippen LogP contribution in [0, 0.1) is 8.98 Å². The molecule has 0 radical (unpaired) electrons. The molecular formula is C11H8F3IN4. The third kappa shape index (κ3) is 2.88. The number of amidine groups is 1. The number of aromatic nitrogens is 2. The predicted molar refractivity (Wildman–Crippen MR) is 72.3 cm³/mol. The van der Waals surface area contributed by atoms with Crippen molar-refractivity contribution in [3.8, 4) is 5.69 Å². The van der Waals surface area contributed by atoms with Gasteiger partial charge in [0.1, 0.15) is 5.84 Å². The summed E-state index contributed by atoms with van der Waals surface area (Å²) in [6, 6.07) is 3.05. The lowest BCUT2D eigenvalue weighted by molar-refractivity contribution is -0.137. The molecular weight excluding hydrogens is 372 g/mol. The second kappa shape index (κ2) is 4.83. The molecule has 3 N–H and O–H groups in total. The van der Waals surface area contributed by atoms with E-state index in [9.17, 15) is 13.2 Å². The molecule has 1 aromatic heterocycles. The molecule has 0 aliphatic rings. The number of nitrogens with zero attached hydrogens (tertiary/aromatic N) is 2. The molecule has 0 aliphatic carbocycles. The standard InChI is InChI=1S/C11H8F3IN4/c12-11(13,14)6-1-2-9(8(3-6)10(16)17)19-5-7(15)4-18-19/h1-5H,(H3,16,17). The van der Waals surface area contributed by atoms with Gasteiger partial charge in [0.05, 0.1) is 21.0 Å². The maximum atomic E-state index is 12.6. The number of rotatable bonds is 2. The van der Waals surface area contributed by atoms with Gasteiger partial charge in [-0.2, -0.15) is 18.3 Å². The van der Waals surface area contributed by atoms with Crippen molar-refractivity contribution in [3.63, 3.8) is 0 Å². The fourth-order valence-corrected chi connectivity index (χ4v) is 1.95.